The fourth-order valence-electron chi connectivity index (χ4n) is 2.04. The number of carboxylic acids is 1. The first-order valence-corrected chi connectivity index (χ1v) is 7.15. The number of hydrogen-bond acceptors (Lipinski definition) is 4. The van der Waals surface area contributed by atoms with Crippen LogP contribution in [0.5, 0.6) is 0 Å². The minimum Gasteiger partial charge on any atom is -0.481 e. The van der Waals surface area contributed by atoms with Crippen LogP contribution >= 0.6 is 0 Å². The van der Waals surface area contributed by atoms with Gasteiger partial charge in [0.25, 0.3) is 0 Å². The van der Waals surface area contributed by atoms with Crippen LogP contribution in [-0.2, 0) is 9.53 Å². The van der Waals surface area contributed by atoms with E-state index in [9.17, 15) is 9.59 Å². The molecular weight excluding hydrogens is 284 g/mol. The summed E-state index contributed by atoms with van der Waals surface area (Å²) >= 11 is 0. The summed E-state index contributed by atoms with van der Waals surface area (Å²) in [7, 11) is 0. The number of hydrogen-bond donors (Lipinski definition) is 3. The van der Waals surface area contributed by atoms with Crippen molar-refractivity contribution in [2.75, 3.05) is 11.9 Å². The standard InChI is InChI=1S/C16H24N2O4/c1-10-7-11(12(9-17)8-14(19)20)5-6-13(10)18-15(21)22-16(2,3)4/h5-7,12H,8-9,17H2,1-4H3,(H,18,21)(H,19,20). The lowest BCUT2D eigenvalue weighted by Crippen LogP contribution is -2.27. The molecule has 1 amide bonds. The van der Waals surface area contributed by atoms with Crippen LogP contribution in [-0.4, -0.2) is 29.3 Å². The normalized spacial score (nSPS) is 12.6. The van der Waals surface area contributed by atoms with Crippen LogP contribution in [0.1, 0.15) is 44.2 Å². The van der Waals surface area contributed by atoms with Crippen molar-refractivity contribution in [3.05, 3.63) is 29.3 Å². The second-order valence-corrected chi connectivity index (χ2v) is 6.23. The fourth-order valence-corrected chi connectivity index (χ4v) is 2.04. The smallest absolute Gasteiger partial charge is 0.412 e. The highest BCUT2D eigenvalue weighted by Gasteiger charge is 2.18. The molecule has 0 fully saturated rings. The minimum absolute atomic E-state index is 0.0191. The Hall–Kier alpha value is -2.08. The molecule has 0 spiro atoms. The number of rotatable bonds is 5. The molecule has 6 nitrogen and oxygen atoms in total. The maximum Gasteiger partial charge on any atom is 0.412 e. The van der Waals surface area contributed by atoms with Gasteiger partial charge in [-0.2, -0.15) is 0 Å². The van der Waals surface area contributed by atoms with Gasteiger partial charge in [0.05, 0.1) is 6.42 Å². The number of ether oxygens (including phenoxy) is 1. The predicted molar refractivity (Wildman–Crippen MR) is 85.1 cm³/mol. The largest absolute Gasteiger partial charge is 0.481 e. The van der Waals surface area contributed by atoms with E-state index < -0.39 is 17.7 Å². The zero-order chi connectivity index (χ0) is 16.9. The highest BCUT2D eigenvalue weighted by atomic mass is 16.6. The number of benzene rings is 1. The summed E-state index contributed by atoms with van der Waals surface area (Å²) < 4.78 is 5.20. The Morgan fingerprint density at radius 3 is 2.45 bits per heavy atom. The van der Waals surface area contributed by atoms with Crippen molar-refractivity contribution >= 4 is 17.7 Å². The Morgan fingerprint density at radius 2 is 2.00 bits per heavy atom. The number of aliphatic carboxylic acids is 1. The third kappa shape index (κ3) is 5.73. The van der Waals surface area contributed by atoms with E-state index in [1.165, 1.54) is 0 Å². The van der Waals surface area contributed by atoms with E-state index in [-0.39, 0.29) is 18.9 Å². The van der Waals surface area contributed by atoms with E-state index in [2.05, 4.69) is 5.32 Å². The molecular formula is C16H24N2O4. The van der Waals surface area contributed by atoms with Gasteiger partial charge in [0.2, 0.25) is 0 Å². The van der Waals surface area contributed by atoms with Crippen LogP contribution in [0.4, 0.5) is 10.5 Å². The van der Waals surface area contributed by atoms with Crippen LogP contribution in [0.25, 0.3) is 0 Å². The Kier molecular flexibility index (Phi) is 5.93. The Labute approximate surface area is 130 Å². The fraction of sp³-hybridized carbons (Fsp3) is 0.500. The first-order valence-electron chi connectivity index (χ1n) is 7.15. The molecule has 0 aliphatic heterocycles. The van der Waals surface area contributed by atoms with E-state index in [0.717, 1.165) is 11.1 Å². The molecule has 0 aliphatic rings. The number of anilines is 1. The van der Waals surface area contributed by atoms with E-state index >= 15 is 0 Å². The van der Waals surface area contributed by atoms with Gasteiger partial charge < -0.3 is 15.6 Å². The van der Waals surface area contributed by atoms with E-state index in [1.807, 2.05) is 13.0 Å². The van der Waals surface area contributed by atoms with Crippen molar-refractivity contribution in [3.8, 4) is 0 Å². The molecule has 4 N–H and O–H groups in total. The molecule has 1 aromatic rings. The van der Waals surface area contributed by atoms with Gasteiger partial charge in [0, 0.05) is 11.6 Å². The highest BCUT2D eigenvalue weighted by Crippen LogP contribution is 2.24. The lowest BCUT2D eigenvalue weighted by Gasteiger charge is -2.20. The second kappa shape index (κ2) is 7.26. The molecule has 0 radical (unpaired) electrons. The Balaban J connectivity index is 2.85. The SMILES string of the molecule is Cc1cc(C(CN)CC(=O)O)ccc1NC(=O)OC(C)(C)C. The lowest BCUT2D eigenvalue weighted by atomic mass is 9.94. The van der Waals surface area contributed by atoms with Gasteiger partial charge in [-0.25, -0.2) is 4.79 Å². The highest BCUT2D eigenvalue weighted by molar-refractivity contribution is 5.86. The number of carboxylic acid groups (broad SMARTS) is 1. The van der Waals surface area contributed by atoms with Crippen LogP contribution < -0.4 is 11.1 Å². The molecule has 0 aromatic heterocycles. The quantitative estimate of drug-likeness (QED) is 0.776. The molecule has 0 saturated carbocycles. The molecule has 0 aliphatic carbocycles. The van der Waals surface area contributed by atoms with Crippen molar-refractivity contribution in [2.45, 2.75) is 45.6 Å². The summed E-state index contributed by atoms with van der Waals surface area (Å²) in [5.74, 6) is -1.13. The van der Waals surface area contributed by atoms with Crippen molar-refractivity contribution in [1.29, 1.82) is 0 Å². The van der Waals surface area contributed by atoms with Crippen LogP contribution in [0.2, 0.25) is 0 Å². The Bertz CT molecular complexity index is 550. The number of aryl methyl sites for hydroxylation is 1. The van der Waals surface area contributed by atoms with Crippen LogP contribution in [0.3, 0.4) is 0 Å². The van der Waals surface area contributed by atoms with E-state index in [0.29, 0.717) is 5.69 Å². The lowest BCUT2D eigenvalue weighted by molar-refractivity contribution is -0.137. The summed E-state index contributed by atoms with van der Waals surface area (Å²) in [5.41, 5.74) is 7.37. The number of nitrogens with one attached hydrogen (secondary N) is 1. The molecule has 0 bridgehead atoms. The zero-order valence-electron chi connectivity index (χ0n) is 13.5. The monoisotopic (exact) mass is 308 g/mol. The van der Waals surface area contributed by atoms with Crippen molar-refractivity contribution in [2.24, 2.45) is 5.73 Å². The molecule has 0 heterocycles. The van der Waals surface area contributed by atoms with Crippen LogP contribution in [0, 0.1) is 6.92 Å². The summed E-state index contributed by atoms with van der Waals surface area (Å²) in [6.07, 6.45) is -0.543. The average molecular weight is 308 g/mol. The predicted octanol–water partition coefficient (Wildman–Crippen LogP) is 2.86. The molecule has 122 valence electrons. The van der Waals surface area contributed by atoms with Gasteiger partial charge in [0.1, 0.15) is 5.60 Å². The van der Waals surface area contributed by atoms with Gasteiger partial charge >= 0.3 is 12.1 Å². The number of carbonyl (C=O) groups excluding carboxylic acids is 1. The molecule has 1 atom stereocenters. The van der Waals surface area contributed by atoms with Gasteiger partial charge in [0.15, 0.2) is 0 Å². The molecule has 22 heavy (non-hydrogen) atoms. The molecule has 1 unspecified atom stereocenters. The number of nitrogens with two attached hydrogens (primary N) is 1. The summed E-state index contributed by atoms with van der Waals surface area (Å²) in [4.78, 5) is 22.6. The number of amides is 1. The van der Waals surface area contributed by atoms with E-state index in [1.54, 1.807) is 32.9 Å². The topological polar surface area (TPSA) is 102 Å². The average Bonchev–Trinajstić information content (AvgIpc) is 2.36. The van der Waals surface area contributed by atoms with Gasteiger partial charge in [-0.3, -0.25) is 10.1 Å². The van der Waals surface area contributed by atoms with Gasteiger partial charge in [-0.1, -0.05) is 12.1 Å². The maximum atomic E-state index is 11.8. The minimum atomic E-state index is -0.885. The molecule has 6 heteroatoms. The third-order valence-corrected chi connectivity index (χ3v) is 3.06. The first-order chi connectivity index (χ1) is 10.1. The van der Waals surface area contributed by atoms with Crippen molar-refractivity contribution in [1.82, 2.24) is 0 Å². The molecule has 0 saturated heterocycles. The summed E-state index contributed by atoms with van der Waals surface area (Å²) in [5, 5.41) is 11.6. The maximum absolute atomic E-state index is 11.8. The zero-order valence-corrected chi connectivity index (χ0v) is 13.5. The van der Waals surface area contributed by atoms with Gasteiger partial charge in [-0.15, -0.1) is 0 Å². The van der Waals surface area contributed by atoms with Crippen molar-refractivity contribution in [3.63, 3.8) is 0 Å². The number of carbonyl (C=O) groups is 2. The third-order valence-electron chi connectivity index (χ3n) is 3.06. The van der Waals surface area contributed by atoms with Crippen molar-refractivity contribution < 1.29 is 19.4 Å². The van der Waals surface area contributed by atoms with E-state index in [4.69, 9.17) is 15.6 Å². The van der Waals surface area contributed by atoms with Crippen LogP contribution in [0.15, 0.2) is 18.2 Å². The summed E-state index contributed by atoms with van der Waals surface area (Å²) in [6.45, 7) is 7.47. The first kappa shape index (κ1) is 18.0. The second-order valence-electron chi connectivity index (χ2n) is 6.23. The Morgan fingerprint density at radius 1 is 1.36 bits per heavy atom. The molecule has 1 aromatic carbocycles. The summed E-state index contributed by atoms with van der Waals surface area (Å²) in [6, 6.07) is 5.35. The van der Waals surface area contributed by atoms with Gasteiger partial charge in [-0.05, 0) is 51.4 Å². The molecule has 1 rings (SSSR count).